The topological polar surface area (TPSA) is 46.5 Å². The molecule has 1 rings (SSSR count). The van der Waals surface area contributed by atoms with Crippen LogP contribution in [0.3, 0.4) is 0 Å². The van der Waals surface area contributed by atoms with E-state index in [1.165, 1.54) is 18.2 Å². The van der Waals surface area contributed by atoms with Crippen LogP contribution in [-0.4, -0.2) is 17.7 Å². The molecular weight excluding hydrogens is 223 g/mol. The number of ether oxygens (including phenoxy) is 1. The van der Waals surface area contributed by atoms with Crippen LogP contribution in [0.25, 0.3) is 0 Å². The van der Waals surface area contributed by atoms with Gasteiger partial charge in [0, 0.05) is 5.57 Å². The van der Waals surface area contributed by atoms with Gasteiger partial charge in [-0.2, -0.15) is 0 Å². The highest BCUT2D eigenvalue weighted by molar-refractivity contribution is 5.86. The zero-order valence-corrected chi connectivity index (χ0v) is 9.87. The van der Waals surface area contributed by atoms with Crippen LogP contribution in [0.2, 0.25) is 0 Å². The highest BCUT2D eigenvalue weighted by Gasteiger charge is 2.03. The van der Waals surface area contributed by atoms with Gasteiger partial charge in [0.2, 0.25) is 0 Å². The van der Waals surface area contributed by atoms with Crippen LogP contribution in [0, 0.1) is 12.7 Å². The summed E-state index contributed by atoms with van der Waals surface area (Å²) in [6.07, 6.45) is 1.96. The summed E-state index contributed by atoms with van der Waals surface area (Å²) in [4.78, 5) is 10.7. The van der Waals surface area contributed by atoms with Crippen LogP contribution in [0.4, 0.5) is 4.39 Å². The molecular formula is C13H15FO3. The smallest absolute Gasteiger partial charge is 0.331 e. The van der Waals surface area contributed by atoms with Crippen molar-refractivity contribution in [3.8, 4) is 5.75 Å². The van der Waals surface area contributed by atoms with E-state index in [2.05, 4.69) is 0 Å². The van der Waals surface area contributed by atoms with Crippen molar-refractivity contribution in [2.45, 2.75) is 20.3 Å². The van der Waals surface area contributed by atoms with Crippen LogP contribution in [-0.2, 0) is 4.79 Å². The summed E-state index contributed by atoms with van der Waals surface area (Å²) in [6, 6.07) is 4.42. The number of benzene rings is 1. The van der Waals surface area contributed by atoms with Crippen molar-refractivity contribution in [3.05, 3.63) is 41.2 Å². The van der Waals surface area contributed by atoms with E-state index in [0.29, 0.717) is 23.3 Å². The van der Waals surface area contributed by atoms with E-state index < -0.39 is 5.97 Å². The van der Waals surface area contributed by atoms with Gasteiger partial charge in [-0.3, -0.25) is 0 Å². The average Bonchev–Trinajstić information content (AvgIpc) is 2.28. The minimum atomic E-state index is -0.939. The van der Waals surface area contributed by atoms with Crippen molar-refractivity contribution in [2.75, 3.05) is 6.61 Å². The standard InChI is InChI=1S/C13H15FO3/c1-3-10(13(15)16)6-7-17-11-4-5-12(14)9(2)8-11/h4-6,8H,3,7H2,1-2H3,(H,15,16)/b10-6-. The molecule has 0 saturated carbocycles. The third-order valence-electron chi connectivity index (χ3n) is 2.36. The fourth-order valence-corrected chi connectivity index (χ4v) is 1.33. The van der Waals surface area contributed by atoms with E-state index >= 15 is 0 Å². The number of aryl methyl sites for hydroxylation is 1. The second-order valence-corrected chi connectivity index (χ2v) is 3.61. The van der Waals surface area contributed by atoms with E-state index in [0.717, 1.165) is 0 Å². The van der Waals surface area contributed by atoms with E-state index in [1.807, 2.05) is 0 Å². The molecule has 1 aromatic rings. The molecule has 0 atom stereocenters. The van der Waals surface area contributed by atoms with Crippen molar-refractivity contribution >= 4 is 5.97 Å². The Balaban J connectivity index is 2.61. The maximum Gasteiger partial charge on any atom is 0.331 e. The molecule has 0 spiro atoms. The number of hydrogen-bond acceptors (Lipinski definition) is 2. The molecule has 4 heteroatoms. The minimum absolute atomic E-state index is 0.167. The van der Waals surface area contributed by atoms with Crippen molar-refractivity contribution in [1.29, 1.82) is 0 Å². The monoisotopic (exact) mass is 238 g/mol. The molecule has 0 radical (unpaired) electrons. The molecule has 1 N–H and O–H groups in total. The van der Waals surface area contributed by atoms with E-state index in [9.17, 15) is 9.18 Å². The summed E-state index contributed by atoms with van der Waals surface area (Å²) in [6.45, 7) is 3.58. The number of carboxylic acid groups (broad SMARTS) is 1. The summed E-state index contributed by atoms with van der Waals surface area (Å²) in [5.41, 5.74) is 0.810. The van der Waals surface area contributed by atoms with E-state index in [4.69, 9.17) is 9.84 Å². The zero-order chi connectivity index (χ0) is 12.8. The van der Waals surface area contributed by atoms with E-state index in [1.54, 1.807) is 19.9 Å². The largest absolute Gasteiger partial charge is 0.490 e. The summed E-state index contributed by atoms with van der Waals surface area (Å²) in [7, 11) is 0. The number of rotatable bonds is 5. The third-order valence-corrected chi connectivity index (χ3v) is 2.36. The lowest BCUT2D eigenvalue weighted by molar-refractivity contribution is -0.132. The van der Waals surface area contributed by atoms with Gasteiger partial charge in [0.25, 0.3) is 0 Å². The number of carboxylic acids is 1. The second-order valence-electron chi connectivity index (χ2n) is 3.61. The Morgan fingerprint density at radius 3 is 2.76 bits per heavy atom. The van der Waals surface area contributed by atoms with Crippen LogP contribution >= 0.6 is 0 Å². The summed E-state index contributed by atoms with van der Waals surface area (Å²) < 4.78 is 18.3. The lowest BCUT2D eigenvalue weighted by Gasteiger charge is -2.05. The van der Waals surface area contributed by atoms with Crippen molar-refractivity contribution in [3.63, 3.8) is 0 Å². The lowest BCUT2D eigenvalue weighted by atomic mass is 10.2. The van der Waals surface area contributed by atoms with Gasteiger partial charge >= 0.3 is 5.97 Å². The molecule has 0 saturated heterocycles. The highest BCUT2D eigenvalue weighted by Crippen LogP contribution is 2.16. The first-order chi connectivity index (χ1) is 8.04. The van der Waals surface area contributed by atoms with Crippen molar-refractivity contribution in [1.82, 2.24) is 0 Å². The number of aliphatic carboxylic acids is 1. The fourth-order valence-electron chi connectivity index (χ4n) is 1.33. The molecule has 0 heterocycles. The Labute approximate surface area is 99.5 Å². The van der Waals surface area contributed by atoms with E-state index in [-0.39, 0.29) is 12.4 Å². The summed E-state index contributed by atoms with van der Waals surface area (Å²) in [5, 5.41) is 8.78. The van der Waals surface area contributed by atoms with Crippen LogP contribution in [0.1, 0.15) is 18.9 Å². The number of hydrogen-bond donors (Lipinski definition) is 1. The maximum atomic E-state index is 13.0. The zero-order valence-electron chi connectivity index (χ0n) is 9.87. The quantitative estimate of drug-likeness (QED) is 0.802. The van der Waals surface area contributed by atoms with Gasteiger partial charge < -0.3 is 9.84 Å². The Hall–Kier alpha value is -1.84. The molecule has 0 aliphatic carbocycles. The maximum absolute atomic E-state index is 13.0. The van der Waals surface area contributed by atoms with Crippen LogP contribution < -0.4 is 4.74 Å². The van der Waals surface area contributed by atoms with Gasteiger partial charge in [0.1, 0.15) is 18.2 Å². The van der Waals surface area contributed by atoms with Crippen LogP contribution in [0.15, 0.2) is 29.8 Å². The normalized spacial score (nSPS) is 11.4. The third kappa shape index (κ3) is 3.90. The Morgan fingerprint density at radius 2 is 2.24 bits per heavy atom. The average molecular weight is 238 g/mol. The molecule has 0 aromatic heterocycles. The van der Waals surface area contributed by atoms with Gasteiger partial charge in [-0.15, -0.1) is 0 Å². The molecule has 0 aliphatic heterocycles. The first-order valence-electron chi connectivity index (χ1n) is 5.36. The second kappa shape index (κ2) is 6.03. The first-order valence-corrected chi connectivity index (χ1v) is 5.36. The Morgan fingerprint density at radius 1 is 1.53 bits per heavy atom. The Bertz CT molecular complexity index is 438. The molecule has 0 amide bonds. The molecule has 0 unspecified atom stereocenters. The molecule has 17 heavy (non-hydrogen) atoms. The predicted octanol–water partition coefficient (Wildman–Crippen LogP) is 2.93. The SMILES string of the molecule is CC/C(=C/COc1ccc(F)c(C)c1)C(=O)O. The van der Waals surface area contributed by atoms with Gasteiger partial charge in [0.15, 0.2) is 0 Å². The van der Waals surface area contributed by atoms with Crippen molar-refractivity contribution < 1.29 is 19.0 Å². The molecule has 1 aromatic carbocycles. The summed E-state index contributed by atoms with van der Waals surface area (Å²) >= 11 is 0. The first kappa shape index (κ1) is 13.2. The lowest BCUT2D eigenvalue weighted by Crippen LogP contribution is -2.03. The number of carbonyl (C=O) groups is 1. The van der Waals surface area contributed by atoms with Crippen molar-refractivity contribution in [2.24, 2.45) is 0 Å². The van der Waals surface area contributed by atoms with Gasteiger partial charge in [-0.05, 0) is 43.2 Å². The van der Waals surface area contributed by atoms with Crippen LogP contribution in [0.5, 0.6) is 5.75 Å². The van der Waals surface area contributed by atoms with Gasteiger partial charge in [-0.1, -0.05) is 6.92 Å². The minimum Gasteiger partial charge on any atom is -0.490 e. The fraction of sp³-hybridized carbons (Fsp3) is 0.308. The molecule has 0 bridgehead atoms. The summed E-state index contributed by atoms with van der Waals surface area (Å²) in [5.74, 6) is -0.694. The van der Waals surface area contributed by atoms with Gasteiger partial charge in [0.05, 0.1) is 0 Å². The molecule has 3 nitrogen and oxygen atoms in total. The molecule has 92 valence electrons. The molecule has 0 fully saturated rings. The molecule has 0 aliphatic rings. The Kier molecular flexibility index (Phi) is 4.69. The van der Waals surface area contributed by atoms with Gasteiger partial charge in [-0.25, -0.2) is 9.18 Å². The predicted molar refractivity (Wildman–Crippen MR) is 62.6 cm³/mol. The highest BCUT2D eigenvalue weighted by atomic mass is 19.1. The number of halogens is 1.